The maximum Gasteiger partial charge on any atom is 0.269 e. The highest BCUT2D eigenvalue weighted by atomic mass is 16.6. The quantitative estimate of drug-likeness (QED) is 0.321. The van der Waals surface area contributed by atoms with Gasteiger partial charge in [0.1, 0.15) is 17.3 Å². The van der Waals surface area contributed by atoms with Crippen LogP contribution in [0.2, 0.25) is 0 Å². The zero-order valence-corrected chi connectivity index (χ0v) is 13.0. The van der Waals surface area contributed by atoms with Gasteiger partial charge in [0, 0.05) is 23.3 Å². The summed E-state index contributed by atoms with van der Waals surface area (Å²) in [6, 6.07) is 15.5. The number of benzene rings is 2. The van der Waals surface area contributed by atoms with Crippen LogP contribution in [0.3, 0.4) is 0 Å². The molecule has 0 amide bonds. The Morgan fingerprint density at radius 2 is 1.84 bits per heavy atom. The molecule has 0 fully saturated rings. The van der Waals surface area contributed by atoms with Gasteiger partial charge in [-0.15, -0.1) is 0 Å². The van der Waals surface area contributed by atoms with Crippen molar-refractivity contribution < 1.29 is 19.2 Å². The van der Waals surface area contributed by atoms with E-state index in [0.717, 1.165) is 0 Å². The SMILES string of the molecule is O=C(/C=C/c1ccc(-c2ccc([N+](=O)[O-])cc2)o1)c1cccc(O)c1. The number of phenols is 1. The van der Waals surface area contributed by atoms with E-state index in [1.165, 1.54) is 36.4 Å². The summed E-state index contributed by atoms with van der Waals surface area (Å²) in [6.45, 7) is 0. The lowest BCUT2D eigenvalue weighted by Gasteiger charge is -1.97. The number of nitro groups is 1. The van der Waals surface area contributed by atoms with Crippen molar-refractivity contribution in [1.29, 1.82) is 0 Å². The highest BCUT2D eigenvalue weighted by Crippen LogP contribution is 2.25. The zero-order chi connectivity index (χ0) is 17.8. The van der Waals surface area contributed by atoms with Crippen LogP contribution >= 0.6 is 0 Å². The Hall–Kier alpha value is -3.67. The minimum absolute atomic E-state index is 0.00661. The van der Waals surface area contributed by atoms with Crippen LogP contribution in [0.4, 0.5) is 5.69 Å². The van der Waals surface area contributed by atoms with Crippen molar-refractivity contribution in [1.82, 2.24) is 0 Å². The van der Waals surface area contributed by atoms with Crippen molar-refractivity contribution in [2.75, 3.05) is 0 Å². The maximum atomic E-state index is 12.0. The monoisotopic (exact) mass is 335 g/mol. The number of furan rings is 1. The predicted molar refractivity (Wildman–Crippen MR) is 92.3 cm³/mol. The number of allylic oxidation sites excluding steroid dienone is 1. The lowest BCUT2D eigenvalue weighted by atomic mass is 10.1. The fourth-order valence-corrected chi connectivity index (χ4v) is 2.26. The Labute approximate surface area is 142 Å². The molecule has 1 heterocycles. The summed E-state index contributed by atoms with van der Waals surface area (Å²) in [5, 5.41) is 20.1. The molecule has 0 saturated heterocycles. The van der Waals surface area contributed by atoms with E-state index in [2.05, 4.69) is 0 Å². The molecule has 0 aliphatic heterocycles. The molecule has 0 atom stereocenters. The van der Waals surface area contributed by atoms with E-state index in [0.29, 0.717) is 22.6 Å². The number of phenolic OH excluding ortho intramolecular Hbond substituents is 1. The second kappa shape index (κ2) is 6.84. The van der Waals surface area contributed by atoms with Gasteiger partial charge in [-0.2, -0.15) is 0 Å². The van der Waals surface area contributed by atoms with Crippen molar-refractivity contribution in [3.05, 3.63) is 88.2 Å². The predicted octanol–water partition coefficient (Wildman–Crippen LogP) is 4.46. The Bertz CT molecular complexity index is 954. The third kappa shape index (κ3) is 3.81. The largest absolute Gasteiger partial charge is 0.508 e. The van der Waals surface area contributed by atoms with Gasteiger partial charge >= 0.3 is 0 Å². The van der Waals surface area contributed by atoms with Gasteiger partial charge in [-0.1, -0.05) is 12.1 Å². The molecule has 25 heavy (non-hydrogen) atoms. The van der Waals surface area contributed by atoms with Crippen LogP contribution in [0.15, 0.2) is 71.2 Å². The molecule has 2 aromatic carbocycles. The smallest absolute Gasteiger partial charge is 0.269 e. The molecule has 1 N–H and O–H groups in total. The maximum absolute atomic E-state index is 12.0. The number of nitro benzene ring substituents is 1. The number of carbonyl (C=O) groups is 1. The van der Waals surface area contributed by atoms with E-state index in [4.69, 9.17) is 4.42 Å². The van der Waals surface area contributed by atoms with Crippen molar-refractivity contribution in [3.8, 4) is 17.1 Å². The van der Waals surface area contributed by atoms with Gasteiger partial charge in [-0.25, -0.2) is 0 Å². The molecule has 0 aliphatic carbocycles. The minimum atomic E-state index is -0.465. The third-order valence-corrected chi connectivity index (χ3v) is 3.52. The van der Waals surface area contributed by atoms with Crippen molar-refractivity contribution >= 4 is 17.5 Å². The van der Waals surface area contributed by atoms with Gasteiger partial charge in [0.15, 0.2) is 5.78 Å². The topological polar surface area (TPSA) is 93.6 Å². The summed E-state index contributed by atoms with van der Waals surface area (Å²) in [4.78, 5) is 22.2. The van der Waals surface area contributed by atoms with E-state index in [-0.39, 0.29) is 17.2 Å². The van der Waals surface area contributed by atoms with E-state index in [1.807, 2.05) is 0 Å². The standard InChI is InChI=1S/C19H13NO5/c21-16-3-1-2-14(12-16)18(22)10-8-17-9-11-19(25-17)13-4-6-15(7-5-13)20(23)24/h1-12,21H/b10-8+. The van der Waals surface area contributed by atoms with Gasteiger partial charge in [-0.05, 0) is 48.6 Å². The van der Waals surface area contributed by atoms with Crippen LogP contribution in [0.25, 0.3) is 17.4 Å². The Morgan fingerprint density at radius 3 is 2.52 bits per heavy atom. The highest BCUT2D eigenvalue weighted by Gasteiger charge is 2.08. The minimum Gasteiger partial charge on any atom is -0.508 e. The first kappa shape index (κ1) is 16.2. The number of aromatic hydroxyl groups is 1. The van der Waals surface area contributed by atoms with Crippen molar-refractivity contribution in [2.24, 2.45) is 0 Å². The van der Waals surface area contributed by atoms with E-state index < -0.39 is 4.92 Å². The average molecular weight is 335 g/mol. The molecule has 0 spiro atoms. The fourth-order valence-electron chi connectivity index (χ4n) is 2.26. The van der Waals surface area contributed by atoms with Crippen LogP contribution in [-0.2, 0) is 0 Å². The molecule has 1 aromatic heterocycles. The second-order valence-electron chi connectivity index (χ2n) is 5.25. The number of hydrogen-bond acceptors (Lipinski definition) is 5. The van der Waals surface area contributed by atoms with Gasteiger partial charge in [0.2, 0.25) is 0 Å². The normalized spacial score (nSPS) is 10.9. The van der Waals surface area contributed by atoms with Crippen LogP contribution in [0, 0.1) is 10.1 Å². The van der Waals surface area contributed by atoms with E-state index in [1.54, 1.807) is 36.4 Å². The number of hydrogen-bond donors (Lipinski definition) is 1. The first-order valence-corrected chi connectivity index (χ1v) is 7.39. The zero-order valence-electron chi connectivity index (χ0n) is 13.0. The Kier molecular flexibility index (Phi) is 4.43. The van der Waals surface area contributed by atoms with Gasteiger partial charge in [-0.3, -0.25) is 14.9 Å². The molecule has 6 nitrogen and oxygen atoms in total. The van der Waals surface area contributed by atoms with Crippen LogP contribution in [-0.4, -0.2) is 15.8 Å². The van der Waals surface area contributed by atoms with E-state index in [9.17, 15) is 20.0 Å². The fraction of sp³-hybridized carbons (Fsp3) is 0. The van der Waals surface area contributed by atoms with Crippen molar-refractivity contribution in [2.45, 2.75) is 0 Å². The molecule has 0 radical (unpaired) electrons. The Balaban J connectivity index is 1.75. The van der Waals surface area contributed by atoms with Crippen molar-refractivity contribution in [3.63, 3.8) is 0 Å². The molecule has 124 valence electrons. The summed E-state index contributed by atoms with van der Waals surface area (Å²) in [6.07, 6.45) is 2.88. The molecule has 0 unspecified atom stereocenters. The first-order valence-electron chi connectivity index (χ1n) is 7.39. The third-order valence-electron chi connectivity index (χ3n) is 3.52. The van der Waals surface area contributed by atoms with Crippen LogP contribution in [0.1, 0.15) is 16.1 Å². The molecule has 6 heteroatoms. The van der Waals surface area contributed by atoms with Gasteiger partial charge < -0.3 is 9.52 Å². The summed E-state index contributed by atoms with van der Waals surface area (Å²) >= 11 is 0. The average Bonchev–Trinajstić information content (AvgIpc) is 3.08. The summed E-state index contributed by atoms with van der Waals surface area (Å²) in [5.41, 5.74) is 1.08. The van der Waals surface area contributed by atoms with Gasteiger partial charge in [0.05, 0.1) is 4.92 Å². The Morgan fingerprint density at radius 1 is 1.08 bits per heavy atom. The molecule has 3 rings (SSSR count). The molecule has 0 aliphatic rings. The molecular formula is C19H13NO5. The van der Waals surface area contributed by atoms with Gasteiger partial charge in [0.25, 0.3) is 5.69 Å². The van der Waals surface area contributed by atoms with Crippen LogP contribution in [0.5, 0.6) is 5.75 Å². The van der Waals surface area contributed by atoms with E-state index >= 15 is 0 Å². The highest BCUT2D eigenvalue weighted by molar-refractivity contribution is 6.06. The molecule has 0 bridgehead atoms. The second-order valence-corrected chi connectivity index (χ2v) is 5.25. The summed E-state index contributed by atoms with van der Waals surface area (Å²) < 4.78 is 5.62. The number of carbonyl (C=O) groups excluding carboxylic acids is 1. The lowest BCUT2D eigenvalue weighted by Crippen LogP contribution is -1.92. The first-order chi connectivity index (χ1) is 12.0. The number of ketones is 1. The van der Waals surface area contributed by atoms with Crippen LogP contribution < -0.4 is 0 Å². The molecular weight excluding hydrogens is 322 g/mol. The summed E-state index contributed by atoms with van der Waals surface area (Å²) in [7, 11) is 0. The molecule has 3 aromatic rings. The summed E-state index contributed by atoms with van der Waals surface area (Å²) in [5.74, 6) is 0.781. The molecule has 0 saturated carbocycles. The number of nitrogens with zero attached hydrogens (tertiary/aromatic N) is 1. The number of non-ortho nitro benzene ring substituents is 1. The number of rotatable bonds is 5. The lowest BCUT2D eigenvalue weighted by molar-refractivity contribution is -0.384.